The molecule has 0 bridgehead atoms. The second kappa shape index (κ2) is 46.9. The Morgan fingerprint density at radius 1 is 0.470 bits per heavy atom. The molecule has 2 unspecified atom stereocenters. The molecule has 0 aliphatic carbocycles. The maximum Gasteiger partial charge on any atom is 0.306 e. The third kappa shape index (κ3) is 37.1. The largest absolute Gasteiger partial charge is 0.462 e. The summed E-state index contributed by atoms with van der Waals surface area (Å²) in [6, 6.07) is 0. The van der Waals surface area contributed by atoms with Gasteiger partial charge in [-0.05, 0) is 44.9 Å². The molecule has 0 spiro atoms. The Morgan fingerprint density at radius 2 is 0.848 bits per heavy atom. The van der Waals surface area contributed by atoms with Crippen LogP contribution in [0.5, 0.6) is 0 Å². The predicted molar refractivity (Wildman–Crippen MR) is 270 cm³/mol. The van der Waals surface area contributed by atoms with Crippen molar-refractivity contribution in [2.24, 2.45) is 0 Å². The molecule has 1 aliphatic rings. The van der Waals surface area contributed by atoms with Crippen molar-refractivity contribution in [1.29, 1.82) is 0 Å². The highest BCUT2D eigenvalue weighted by Crippen LogP contribution is 2.23. The number of rotatable bonds is 48. The number of aliphatic hydroxyl groups is 4. The maximum absolute atomic E-state index is 12.9. The Balaban J connectivity index is 2.21. The van der Waals surface area contributed by atoms with Crippen LogP contribution in [0.4, 0.5) is 0 Å². The summed E-state index contributed by atoms with van der Waals surface area (Å²) in [5, 5.41) is 40.3. The van der Waals surface area contributed by atoms with Crippen molar-refractivity contribution in [1.82, 2.24) is 0 Å². The molecule has 1 saturated heterocycles. The van der Waals surface area contributed by atoms with Gasteiger partial charge in [-0.1, -0.05) is 231 Å². The van der Waals surface area contributed by atoms with Gasteiger partial charge in [-0.2, -0.15) is 0 Å². The van der Waals surface area contributed by atoms with Crippen molar-refractivity contribution in [3.05, 3.63) is 24.3 Å². The number of carbonyl (C=O) groups excluding carboxylic acids is 2. The fourth-order valence-corrected chi connectivity index (χ4v) is 8.69. The van der Waals surface area contributed by atoms with Crippen molar-refractivity contribution < 1.29 is 49.0 Å². The Bertz CT molecular complexity index is 1130. The number of allylic oxidation sites excluding steroid dienone is 4. The third-order valence-corrected chi connectivity index (χ3v) is 13.1. The lowest BCUT2D eigenvalue weighted by Gasteiger charge is -2.39. The van der Waals surface area contributed by atoms with Crippen molar-refractivity contribution in [2.75, 3.05) is 19.8 Å². The second-order valence-electron chi connectivity index (χ2n) is 19.4. The zero-order valence-corrected chi connectivity index (χ0v) is 42.7. The number of esters is 2. The monoisotopic (exact) mass is 937 g/mol. The van der Waals surface area contributed by atoms with Gasteiger partial charge >= 0.3 is 11.9 Å². The van der Waals surface area contributed by atoms with Gasteiger partial charge in [0.1, 0.15) is 31.0 Å². The van der Waals surface area contributed by atoms with Crippen LogP contribution in [-0.2, 0) is 28.5 Å². The Morgan fingerprint density at radius 3 is 1.29 bits per heavy atom. The van der Waals surface area contributed by atoms with Crippen LogP contribution in [0.2, 0.25) is 0 Å². The summed E-state index contributed by atoms with van der Waals surface area (Å²) in [6.07, 6.45) is 47.6. The van der Waals surface area contributed by atoms with E-state index in [4.69, 9.17) is 18.9 Å². The Labute approximate surface area is 404 Å². The molecule has 4 N–H and O–H groups in total. The van der Waals surface area contributed by atoms with Gasteiger partial charge in [0.2, 0.25) is 0 Å². The first-order chi connectivity index (χ1) is 32.3. The number of carbonyl (C=O) groups is 2. The lowest BCUT2D eigenvalue weighted by atomic mass is 9.99. The molecule has 6 atom stereocenters. The molecule has 1 rings (SSSR count). The highest BCUT2D eigenvalue weighted by molar-refractivity contribution is 5.70. The number of hydrogen-bond acceptors (Lipinski definition) is 10. The van der Waals surface area contributed by atoms with Gasteiger partial charge in [0.25, 0.3) is 0 Å². The van der Waals surface area contributed by atoms with E-state index in [-0.39, 0.29) is 32.0 Å². The molecule has 388 valence electrons. The van der Waals surface area contributed by atoms with Crippen LogP contribution in [0.1, 0.15) is 264 Å². The molecule has 0 aromatic heterocycles. The minimum absolute atomic E-state index is 0.214. The minimum atomic E-state index is -1.59. The summed E-state index contributed by atoms with van der Waals surface area (Å²) in [5.41, 5.74) is 0. The first kappa shape index (κ1) is 62.2. The molecule has 0 amide bonds. The first-order valence-corrected chi connectivity index (χ1v) is 27.9. The minimum Gasteiger partial charge on any atom is -0.462 e. The fraction of sp³-hybridized carbons (Fsp3) is 0.893. The van der Waals surface area contributed by atoms with Crippen molar-refractivity contribution >= 4 is 11.9 Å². The molecule has 66 heavy (non-hydrogen) atoms. The number of unbranched alkanes of at least 4 members (excludes halogenated alkanes) is 33. The standard InChI is InChI=1S/C56H104O10/c1-3-5-7-9-11-13-15-17-19-21-23-24-25-27-28-30-32-34-36-38-40-42-44-51(58)63-47-49(48-64-56-55(62)54(61)53(60)50(46-57)66-56)65-52(59)45-43-41-39-37-35-33-31-29-26-22-20-18-16-14-12-10-8-6-4-2/h12,14,18,20,49-50,53-57,60-62H,3-11,13,15-17,19,21-48H2,1-2H3/b14-12+,20-18+/t49-,50-,53+,54?,55?,56-/m0/s1. The summed E-state index contributed by atoms with van der Waals surface area (Å²) in [7, 11) is 0. The van der Waals surface area contributed by atoms with Gasteiger partial charge in [0.05, 0.1) is 13.2 Å². The van der Waals surface area contributed by atoms with E-state index < -0.39 is 49.4 Å². The van der Waals surface area contributed by atoms with E-state index in [2.05, 4.69) is 38.2 Å². The van der Waals surface area contributed by atoms with Crippen molar-refractivity contribution in [3.8, 4) is 0 Å². The van der Waals surface area contributed by atoms with Crippen LogP contribution in [0.15, 0.2) is 24.3 Å². The Kier molecular flexibility index (Phi) is 44.2. The summed E-state index contributed by atoms with van der Waals surface area (Å²) < 4.78 is 22.3. The molecule has 0 aromatic rings. The summed E-state index contributed by atoms with van der Waals surface area (Å²) in [6.45, 7) is 3.45. The van der Waals surface area contributed by atoms with E-state index in [1.807, 2.05) is 0 Å². The molecule has 10 heteroatoms. The van der Waals surface area contributed by atoms with Gasteiger partial charge in [-0.15, -0.1) is 0 Å². The highest BCUT2D eigenvalue weighted by Gasteiger charge is 2.44. The SMILES string of the molecule is CCCCC/C=C/C/C=C/CCCCCCCCCCCC(=O)O[C@@H](COC(=O)CCCCCCCCCCCCCCCCCCCCCCCC)CO[C@H]1O[C@@H](CO)[C@@H](O)C(O)C1O. The van der Waals surface area contributed by atoms with Crippen LogP contribution in [0.25, 0.3) is 0 Å². The van der Waals surface area contributed by atoms with Crippen molar-refractivity contribution in [3.63, 3.8) is 0 Å². The van der Waals surface area contributed by atoms with E-state index in [0.29, 0.717) is 6.42 Å². The number of aliphatic hydroxyl groups excluding tert-OH is 4. The van der Waals surface area contributed by atoms with E-state index in [1.165, 1.54) is 180 Å². The van der Waals surface area contributed by atoms with Gasteiger partial charge in [0, 0.05) is 12.8 Å². The van der Waals surface area contributed by atoms with Crippen LogP contribution >= 0.6 is 0 Å². The topological polar surface area (TPSA) is 152 Å². The molecule has 0 saturated carbocycles. The van der Waals surface area contributed by atoms with Crippen LogP contribution in [0.3, 0.4) is 0 Å². The van der Waals surface area contributed by atoms with E-state index in [0.717, 1.165) is 51.4 Å². The van der Waals surface area contributed by atoms with Gasteiger partial charge < -0.3 is 39.4 Å². The first-order valence-electron chi connectivity index (χ1n) is 27.9. The van der Waals surface area contributed by atoms with Crippen LogP contribution in [0, 0.1) is 0 Å². The average Bonchev–Trinajstić information content (AvgIpc) is 3.32. The summed E-state index contributed by atoms with van der Waals surface area (Å²) >= 11 is 0. The third-order valence-electron chi connectivity index (χ3n) is 13.1. The lowest BCUT2D eigenvalue weighted by molar-refractivity contribution is -0.305. The normalized spacial score (nSPS) is 19.3. The number of ether oxygens (including phenoxy) is 4. The molecular weight excluding hydrogens is 833 g/mol. The molecule has 10 nitrogen and oxygen atoms in total. The number of hydrogen-bond donors (Lipinski definition) is 4. The summed E-state index contributed by atoms with van der Waals surface area (Å²) in [4.78, 5) is 25.5. The Hall–Kier alpha value is -1.82. The smallest absolute Gasteiger partial charge is 0.306 e. The van der Waals surface area contributed by atoms with E-state index in [9.17, 15) is 30.0 Å². The molecule has 0 aromatic carbocycles. The van der Waals surface area contributed by atoms with Crippen LogP contribution < -0.4 is 0 Å². The molecule has 1 fully saturated rings. The fourth-order valence-electron chi connectivity index (χ4n) is 8.69. The predicted octanol–water partition coefficient (Wildman–Crippen LogP) is 13.6. The van der Waals surface area contributed by atoms with E-state index in [1.54, 1.807) is 0 Å². The maximum atomic E-state index is 12.9. The van der Waals surface area contributed by atoms with E-state index >= 15 is 0 Å². The quantitative estimate of drug-likeness (QED) is 0.0264. The molecule has 1 heterocycles. The average molecular weight is 937 g/mol. The molecular formula is C56H104O10. The van der Waals surface area contributed by atoms with Gasteiger partial charge in [0.15, 0.2) is 12.4 Å². The van der Waals surface area contributed by atoms with Gasteiger partial charge in [-0.25, -0.2) is 0 Å². The zero-order chi connectivity index (χ0) is 48.0. The van der Waals surface area contributed by atoms with Crippen LogP contribution in [-0.4, -0.2) is 89.0 Å². The molecule has 0 radical (unpaired) electrons. The highest BCUT2D eigenvalue weighted by atomic mass is 16.7. The summed E-state index contributed by atoms with van der Waals surface area (Å²) in [5.74, 6) is -0.796. The molecule has 1 aliphatic heterocycles. The lowest BCUT2D eigenvalue weighted by Crippen LogP contribution is -2.59. The second-order valence-corrected chi connectivity index (χ2v) is 19.4. The van der Waals surface area contributed by atoms with Gasteiger partial charge in [-0.3, -0.25) is 9.59 Å². The van der Waals surface area contributed by atoms with Crippen molar-refractivity contribution in [2.45, 2.75) is 301 Å². The zero-order valence-electron chi connectivity index (χ0n) is 42.7.